The quantitative estimate of drug-likeness (QED) is 0.737. The van der Waals surface area contributed by atoms with E-state index < -0.39 is 0 Å². The fraction of sp³-hybridized carbons (Fsp3) is 0.417. The summed E-state index contributed by atoms with van der Waals surface area (Å²) in [6.45, 7) is 4.15. The largest absolute Gasteiger partial charge is 0.380 e. The van der Waals surface area contributed by atoms with Gasteiger partial charge in [0.25, 0.3) is 0 Å². The molecule has 2 N–H and O–H groups in total. The average molecular weight is 204 g/mol. The standard InChI is InChI=1S/C12H16N2O/c1-3-9-5-4-6-10-12(9)13-8(2)7-11(15)14-10/h4-6,8,13H,3,7H2,1-2H3,(H,14,15). The van der Waals surface area contributed by atoms with Gasteiger partial charge in [-0.3, -0.25) is 4.79 Å². The highest BCUT2D eigenvalue weighted by molar-refractivity contribution is 5.96. The van der Waals surface area contributed by atoms with Crippen LogP contribution in [-0.4, -0.2) is 11.9 Å². The van der Waals surface area contributed by atoms with Crippen molar-refractivity contribution in [3.8, 4) is 0 Å². The third-order valence-electron chi connectivity index (χ3n) is 2.69. The molecule has 1 amide bonds. The number of rotatable bonds is 1. The van der Waals surface area contributed by atoms with Crippen LogP contribution in [0.1, 0.15) is 25.8 Å². The monoisotopic (exact) mass is 204 g/mol. The Hall–Kier alpha value is -1.51. The van der Waals surface area contributed by atoms with Crippen molar-refractivity contribution in [1.29, 1.82) is 0 Å². The Morgan fingerprint density at radius 1 is 1.47 bits per heavy atom. The van der Waals surface area contributed by atoms with E-state index in [-0.39, 0.29) is 11.9 Å². The summed E-state index contributed by atoms with van der Waals surface area (Å²) < 4.78 is 0. The maximum absolute atomic E-state index is 11.5. The molecule has 0 saturated heterocycles. The molecule has 0 radical (unpaired) electrons. The minimum atomic E-state index is 0.0852. The maximum Gasteiger partial charge on any atom is 0.226 e. The van der Waals surface area contributed by atoms with Crippen LogP contribution in [0.15, 0.2) is 18.2 Å². The van der Waals surface area contributed by atoms with E-state index in [0.29, 0.717) is 6.42 Å². The SMILES string of the molecule is CCc1cccc2c1NC(C)CC(=O)N2. The van der Waals surface area contributed by atoms with Crippen LogP contribution >= 0.6 is 0 Å². The van der Waals surface area contributed by atoms with Gasteiger partial charge in [-0.25, -0.2) is 0 Å². The Bertz CT molecular complexity index is 387. The summed E-state index contributed by atoms with van der Waals surface area (Å²) >= 11 is 0. The van der Waals surface area contributed by atoms with Gasteiger partial charge < -0.3 is 10.6 Å². The first kappa shape index (κ1) is 10.0. The summed E-state index contributed by atoms with van der Waals surface area (Å²) in [5.41, 5.74) is 3.24. The fourth-order valence-electron chi connectivity index (χ4n) is 1.95. The lowest BCUT2D eigenvalue weighted by Crippen LogP contribution is -2.19. The van der Waals surface area contributed by atoms with Crippen LogP contribution in [0, 0.1) is 0 Å². The Balaban J connectivity index is 2.45. The molecule has 1 aromatic carbocycles. The number of anilines is 2. The van der Waals surface area contributed by atoms with Crippen molar-refractivity contribution in [2.24, 2.45) is 0 Å². The van der Waals surface area contributed by atoms with Crippen molar-refractivity contribution in [3.63, 3.8) is 0 Å². The normalized spacial score (nSPS) is 19.9. The molecular weight excluding hydrogens is 188 g/mol. The molecule has 1 aliphatic rings. The Morgan fingerprint density at radius 2 is 2.27 bits per heavy atom. The number of nitrogens with one attached hydrogen (secondary N) is 2. The summed E-state index contributed by atoms with van der Waals surface area (Å²) in [5.74, 6) is 0.0852. The molecule has 1 aliphatic heterocycles. The smallest absolute Gasteiger partial charge is 0.226 e. The number of fused-ring (bicyclic) bond motifs is 1. The zero-order valence-electron chi connectivity index (χ0n) is 9.13. The van der Waals surface area contributed by atoms with Crippen molar-refractivity contribution >= 4 is 17.3 Å². The van der Waals surface area contributed by atoms with E-state index in [1.807, 2.05) is 19.1 Å². The van der Waals surface area contributed by atoms with Crippen molar-refractivity contribution < 1.29 is 4.79 Å². The summed E-state index contributed by atoms with van der Waals surface area (Å²) in [6, 6.07) is 6.21. The van der Waals surface area contributed by atoms with E-state index >= 15 is 0 Å². The van der Waals surface area contributed by atoms with Gasteiger partial charge in [0.1, 0.15) is 0 Å². The van der Waals surface area contributed by atoms with Gasteiger partial charge in [-0.15, -0.1) is 0 Å². The number of amides is 1. The van der Waals surface area contributed by atoms with Crippen LogP contribution in [0.4, 0.5) is 11.4 Å². The van der Waals surface area contributed by atoms with E-state index in [9.17, 15) is 4.79 Å². The average Bonchev–Trinajstić information content (AvgIpc) is 2.33. The van der Waals surface area contributed by atoms with Crippen LogP contribution in [0.5, 0.6) is 0 Å². The maximum atomic E-state index is 11.5. The molecule has 0 fully saturated rings. The molecule has 3 nitrogen and oxygen atoms in total. The molecule has 1 atom stereocenters. The zero-order valence-corrected chi connectivity index (χ0v) is 9.13. The van der Waals surface area contributed by atoms with E-state index in [2.05, 4.69) is 23.6 Å². The number of carbonyl (C=O) groups excluding carboxylic acids is 1. The van der Waals surface area contributed by atoms with Crippen LogP contribution in [0.25, 0.3) is 0 Å². The van der Waals surface area contributed by atoms with Crippen molar-refractivity contribution in [3.05, 3.63) is 23.8 Å². The highest BCUT2D eigenvalue weighted by Gasteiger charge is 2.18. The van der Waals surface area contributed by atoms with Gasteiger partial charge >= 0.3 is 0 Å². The van der Waals surface area contributed by atoms with Crippen molar-refractivity contribution in [2.45, 2.75) is 32.7 Å². The van der Waals surface area contributed by atoms with E-state index in [1.165, 1.54) is 5.56 Å². The van der Waals surface area contributed by atoms with Crippen LogP contribution in [-0.2, 0) is 11.2 Å². The molecule has 0 aromatic heterocycles. The Kier molecular flexibility index (Phi) is 2.62. The molecule has 2 rings (SSSR count). The molecule has 0 bridgehead atoms. The van der Waals surface area contributed by atoms with Crippen molar-refractivity contribution in [2.75, 3.05) is 10.6 Å². The molecule has 1 unspecified atom stereocenters. The fourth-order valence-corrected chi connectivity index (χ4v) is 1.95. The number of hydrogen-bond donors (Lipinski definition) is 2. The summed E-state index contributed by atoms with van der Waals surface area (Å²) in [4.78, 5) is 11.5. The van der Waals surface area contributed by atoms with E-state index in [1.54, 1.807) is 0 Å². The Labute approximate surface area is 89.9 Å². The number of hydrogen-bond acceptors (Lipinski definition) is 2. The minimum absolute atomic E-state index is 0.0852. The Morgan fingerprint density at radius 3 is 3.00 bits per heavy atom. The van der Waals surface area contributed by atoms with Crippen molar-refractivity contribution in [1.82, 2.24) is 0 Å². The summed E-state index contributed by atoms with van der Waals surface area (Å²) in [5, 5.41) is 6.32. The third-order valence-corrected chi connectivity index (χ3v) is 2.69. The lowest BCUT2D eigenvalue weighted by Gasteiger charge is -2.15. The van der Waals surface area contributed by atoms with Gasteiger partial charge in [-0.05, 0) is 25.0 Å². The van der Waals surface area contributed by atoms with Crippen LogP contribution in [0.2, 0.25) is 0 Å². The zero-order chi connectivity index (χ0) is 10.8. The predicted molar refractivity (Wildman–Crippen MR) is 62.2 cm³/mol. The van der Waals surface area contributed by atoms with Gasteiger partial charge in [0, 0.05) is 12.5 Å². The number of para-hydroxylation sites is 1. The highest BCUT2D eigenvalue weighted by atomic mass is 16.1. The molecule has 80 valence electrons. The number of benzene rings is 1. The van der Waals surface area contributed by atoms with Crippen LogP contribution < -0.4 is 10.6 Å². The minimum Gasteiger partial charge on any atom is -0.380 e. The second kappa shape index (κ2) is 3.93. The first-order valence-electron chi connectivity index (χ1n) is 5.39. The van der Waals surface area contributed by atoms with Gasteiger partial charge in [0.2, 0.25) is 5.91 Å². The molecular formula is C12H16N2O. The molecule has 15 heavy (non-hydrogen) atoms. The van der Waals surface area contributed by atoms with Gasteiger partial charge in [-0.2, -0.15) is 0 Å². The number of carbonyl (C=O) groups is 1. The summed E-state index contributed by atoms with van der Waals surface area (Å²) in [7, 11) is 0. The lowest BCUT2D eigenvalue weighted by atomic mass is 10.1. The van der Waals surface area contributed by atoms with E-state index in [4.69, 9.17) is 0 Å². The van der Waals surface area contributed by atoms with Gasteiger partial charge in [-0.1, -0.05) is 19.1 Å². The number of aryl methyl sites for hydroxylation is 1. The first-order valence-corrected chi connectivity index (χ1v) is 5.39. The topological polar surface area (TPSA) is 41.1 Å². The molecule has 0 aliphatic carbocycles. The molecule has 1 heterocycles. The molecule has 3 heteroatoms. The lowest BCUT2D eigenvalue weighted by molar-refractivity contribution is -0.116. The van der Waals surface area contributed by atoms with Crippen LogP contribution in [0.3, 0.4) is 0 Å². The second-order valence-corrected chi connectivity index (χ2v) is 3.99. The highest BCUT2D eigenvalue weighted by Crippen LogP contribution is 2.29. The van der Waals surface area contributed by atoms with E-state index in [0.717, 1.165) is 17.8 Å². The summed E-state index contributed by atoms with van der Waals surface area (Å²) in [6.07, 6.45) is 1.50. The van der Waals surface area contributed by atoms with Gasteiger partial charge in [0.05, 0.1) is 11.4 Å². The first-order chi connectivity index (χ1) is 7.20. The second-order valence-electron chi connectivity index (χ2n) is 3.99. The predicted octanol–water partition coefficient (Wildman–Crippen LogP) is 2.39. The third kappa shape index (κ3) is 1.96. The van der Waals surface area contributed by atoms with Gasteiger partial charge in [0.15, 0.2) is 0 Å². The molecule has 0 spiro atoms. The molecule has 0 saturated carbocycles. The molecule has 1 aromatic rings.